The van der Waals surface area contributed by atoms with E-state index in [4.69, 9.17) is 4.74 Å². The molecule has 0 aromatic heterocycles. The molecule has 0 N–H and O–H groups in total. The van der Waals surface area contributed by atoms with Crippen molar-refractivity contribution in [2.24, 2.45) is 5.41 Å². The molecule has 25 heavy (non-hydrogen) atoms. The highest BCUT2D eigenvalue weighted by Crippen LogP contribution is 2.33. The highest BCUT2D eigenvalue weighted by molar-refractivity contribution is 5.95. The number of nitro benzene ring substituents is 1. The van der Waals surface area contributed by atoms with Crippen LogP contribution in [-0.4, -0.2) is 22.8 Å². The van der Waals surface area contributed by atoms with E-state index in [1.165, 1.54) is 24.3 Å². The van der Waals surface area contributed by atoms with E-state index in [2.05, 4.69) is 0 Å². The number of non-ortho nitro benzene ring substituents is 1. The first-order valence-corrected chi connectivity index (χ1v) is 8.01. The average Bonchev–Trinajstić information content (AvgIpc) is 2.61. The minimum atomic E-state index is -0.516. The quantitative estimate of drug-likeness (QED) is 0.359. The van der Waals surface area contributed by atoms with Crippen LogP contribution in [0.5, 0.6) is 0 Å². The van der Waals surface area contributed by atoms with Crippen LogP contribution >= 0.6 is 0 Å². The second-order valence-electron chi connectivity index (χ2n) is 6.98. The molecule has 1 aromatic carbocycles. The molecule has 1 unspecified atom stereocenters. The Morgan fingerprint density at radius 3 is 2.56 bits per heavy atom. The third kappa shape index (κ3) is 5.38. The van der Waals surface area contributed by atoms with E-state index in [0.29, 0.717) is 24.0 Å². The van der Waals surface area contributed by atoms with Crippen molar-refractivity contribution in [2.45, 2.75) is 39.7 Å². The zero-order valence-electron chi connectivity index (χ0n) is 14.5. The lowest BCUT2D eigenvalue weighted by Crippen LogP contribution is -2.23. The van der Waals surface area contributed by atoms with E-state index in [-0.39, 0.29) is 16.9 Å². The van der Waals surface area contributed by atoms with Gasteiger partial charge in [0.05, 0.1) is 4.92 Å². The Kier molecular flexibility index (Phi) is 5.51. The zero-order chi connectivity index (χ0) is 18.6. The molecule has 0 bridgehead atoms. The Morgan fingerprint density at radius 1 is 1.32 bits per heavy atom. The summed E-state index contributed by atoms with van der Waals surface area (Å²) in [6.07, 6.45) is 5.08. The Balaban J connectivity index is 2.03. The summed E-state index contributed by atoms with van der Waals surface area (Å²) in [5, 5.41) is 10.6. The van der Waals surface area contributed by atoms with Gasteiger partial charge in [-0.25, -0.2) is 4.79 Å². The van der Waals surface area contributed by atoms with Gasteiger partial charge in [-0.2, -0.15) is 0 Å². The number of benzene rings is 1. The topological polar surface area (TPSA) is 86.5 Å². The molecule has 0 saturated carbocycles. The maximum atomic E-state index is 12.0. The van der Waals surface area contributed by atoms with Crippen molar-refractivity contribution in [2.75, 3.05) is 0 Å². The fraction of sp³-hybridized carbons (Fsp3) is 0.368. The zero-order valence-corrected chi connectivity index (χ0v) is 14.5. The van der Waals surface area contributed by atoms with Gasteiger partial charge in [-0.15, -0.1) is 0 Å². The summed E-state index contributed by atoms with van der Waals surface area (Å²) in [6.45, 7) is 5.69. The summed E-state index contributed by atoms with van der Waals surface area (Å²) in [7, 11) is 0. The maximum Gasteiger partial charge on any atom is 0.331 e. The fourth-order valence-electron chi connectivity index (χ4n) is 2.76. The molecule has 0 fully saturated rings. The number of ketones is 1. The van der Waals surface area contributed by atoms with E-state index in [1.807, 2.05) is 13.8 Å². The number of hydrogen-bond acceptors (Lipinski definition) is 5. The van der Waals surface area contributed by atoms with Gasteiger partial charge in [0.25, 0.3) is 5.69 Å². The first kappa shape index (κ1) is 18.6. The largest absolute Gasteiger partial charge is 0.455 e. The predicted octanol–water partition coefficient (Wildman–Crippen LogP) is 3.86. The summed E-state index contributed by atoms with van der Waals surface area (Å²) in [5.41, 5.74) is 1.03. The van der Waals surface area contributed by atoms with E-state index >= 15 is 0 Å². The van der Waals surface area contributed by atoms with Gasteiger partial charge in [-0.1, -0.05) is 13.8 Å². The molecule has 0 heterocycles. The highest BCUT2D eigenvalue weighted by Gasteiger charge is 2.31. The Bertz CT molecular complexity index is 744. The fourth-order valence-corrected chi connectivity index (χ4v) is 2.76. The molecule has 1 aliphatic carbocycles. The number of nitrogens with zero attached hydrogens (tertiary/aromatic N) is 1. The normalized spacial score (nSPS) is 20.0. The van der Waals surface area contributed by atoms with E-state index in [9.17, 15) is 19.7 Å². The number of ether oxygens (including phenoxy) is 1. The van der Waals surface area contributed by atoms with E-state index < -0.39 is 17.0 Å². The van der Waals surface area contributed by atoms with Gasteiger partial charge >= 0.3 is 5.97 Å². The van der Waals surface area contributed by atoms with Gasteiger partial charge in [0.2, 0.25) is 0 Å². The number of Topliss-reactive ketones (excluding diaryl/α,β-unsaturated/α-hetero) is 1. The lowest BCUT2D eigenvalue weighted by Gasteiger charge is -2.24. The number of allylic oxidation sites excluding steroid dienone is 1. The summed E-state index contributed by atoms with van der Waals surface area (Å²) in [4.78, 5) is 34.1. The Labute approximate surface area is 146 Å². The summed E-state index contributed by atoms with van der Waals surface area (Å²) >= 11 is 0. The van der Waals surface area contributed by atoms with Crippen LogP contribution in [0.15, 0.2) is 42.0 Å². The number of hydrogen-bond donors (Lipinski definition) is 0. The van der Waals surface area contributed by atoms with Gasteiger partial charge in [0, 0.05) is 24.6 Å². The third-order valence-electron chi connectivity index (χ3n) is 4.05. The molecule has 6 nitrogen and oxygen atoms in total. The van der Waals surface area contributed by atoms with Crippen LogP contribution in [0, 0.1) is 15.5 Å². The van der Waals surface area contributed by atoms with Crippen molar-refractivity contribution >= 4 is 23.5 Å². The summed E-state index contributed by atoms with van der Waals surface area (Å²) in [5.74, 6) is -0.442. The number of rotatable bonds is 4. The van der Waals surface area contributed by atoms with Crippen molar-refractivity contribution in [3.8, 4) is 0 Å². The second-order valence-corrected chi connectivity index (χ2v) is 6.98. The molecular formula is C19H21NO5. The minimum Gasteiger partial charge on any atom is -0.455 e. The molecular weight excluding hydrogens is 322 g/mol. The molecule has 132 valence electrons. The van der Waals surface area contributed by atoms with Gasteiger partial charge in [0.1, 0.15) is 6.10 Å². The van der Waals surface area contributed by atoms with Crippen LogP contribution in [0.25, 0.3) is 6.08 Å². The van der Waals surface area contributed by atoms with Gasteiger partial charge in [-0.3, -0.25) is 14.9 Å². The maximum absolute atomic E-state index is 12.0. The van der Waals surface area contributed by atoms with Crippen molar-refractivity contribution in [1.29, 1.82) is 0 Å². The molecule has 0 aliphatic heterocycles. The molecule has 0 amide bonds. The highest BCUT2D eigenvalue weighted by atomic mass is 16.6. The lowest BCUT2D eigenvalue weighted by atomic mass is 9.83. The minimum absolute atomic E-state index is 0.00862. The SMILES string of the molecule is CC1=CC(OC(=O)C=Cc2ccc([N+](=O)[O-])cc2)CC(C)(C)CC1=O. The Morgan fingerprint density at radius 2 is 1.96 bits per heavy atom. The molecule has 0 spiro atoms. The number of carbonyl (C=O) groups is 2. The van der Waals surface area contributed by atoms with Crippen molar-refractivity contribution in [1.82, 2.24) is 0 Å². The van der Waals surface area contributed by atoms with Gasteiger partial charge in [0.15, 0.2) is 5.78 Å². The molecule has 1 aliphatic rings. The first-order chi connectivity index (χ1) is 11.7. The van der Waals surface area contributed by atoms with Crippen molar-refractivity contribution in [3.63, 3.8) is 0 Å². The summed E-state index contributed by atoms with van der Waals surface area (Å²) in [6, 6.07) is 5.85. The summed E-state index contributed by atoms with van der Waals surface area (Å²) < 4.78 is 5.45. The van der Waals surface area contributed by atoms with Crippen LogP contribution in [0.1, 0.15) is 39.2 Å². The van der Waals surface area contributed by atoms with Crippen molar-refractivity contribution < 1.29 is 19.2 Å². The van der Waals surface area contributed by atoms with Crippen LogP contribution in [0.2, 0.25) is 0 Å². The number of carbonyl (C=O) groups excluding carboxylic acids is 2. The smallest absolute Gasteiger partial charge is 0.331 e. The molecule has 1 atom stereocenters. The van der Waals surface area contributed by atoms with Crippen LogP contribution in [0.3, 0.4) is 0 Å². The van der Waals surface area contributed by atoms with E-state index in [0.717, 1.165) is 0 Å². The molecule has 2 rings (SSSR count). The average molecular weight is 343 g/mol. The Hall–Kier alpha value is -2.76. The molecule has 0 radical (unpaired) electrons. The van der Waals surface area contributed by atoms with Gasteiger partial charge < -0.3 is 4.74 Å². The number of nitro groups is 1. The van der Waals surface area contributed by atoms with Crippen molar-refractivity contribution in [3.05, 3.63) is 57.7 Å². The van der Waals surface area contributed by atoms with E-state index in [1.54, 1.807) is 25.1 Å². The standard InChI is InChI=1S/C19H21NO5/c1-13-10-16(11-19(2,3)12-17(13)21)25-18(22)9-6-14-4-7-15(8-5-14)20(23)24/h4-10,16H,11-12H2,1-3H3. The molecule has 0 saturated heterocycles. The lowest BCUT2D eigenvalue weighted by molar-refractivity contribution is -0.384. The third-order valence-corrected chi connectivity index (χ3v) is 4.05. The predicted molar refractivity (Wildman–Crippen MR) is 93.8 cm³/mol. The molecule has 6 heteroatoms. The van der Waals surface area contributed by atoms with Gasteiger partial charge in [-0.05, 0) is 54.2 Å². The first-order valence-electron chi connectivity index (χ1n) is 8.01. The van der Waals surface area contributed by atoms with Crippen LogP contribution in [-0.2, 0) is 14.3 Å². The van der Waals surface area contributed by atoms with Crippen LogP contribution < -0.4 is 0 Å². The number of esters is 1. The molecule has 1 aromatic rings. The monoisotopic (exact) mass is 343 g/mol. The van der Waals surface area contributed by atoms with Crippen LogP contribution in [0.4, 0.5) is 5.69 Å². The second kappa shape index (κ2) is 7.42.